The summed E-state index contributed by atoms with van der Waals surface area (Å²) in [5.41, 5.74) is 8.29. The summed E-state index contributed by atoms with van der Waals surface area (Å²) >= 11 is 0. The van der Waals surface area contributed by atoms with Crippen LogP contribution in [0.15, 0.2) is 76.2 Å². The van der Waals surface area contributed by atoms with E-state index in [1.54, 1.807) is 54.8 Å². The standard InChI is InChI=1S/C20H22N2O3S/c1-14(2)20(21)15-10-11-18(17(13-15)19-9-6-12-25-19)22-26(23,24)16-7-4-3-5-8-16/h3-14,20,22H,21H2,1-2H3. The maximum Gasteiger partial charge on any atom is 0.261 e. The van der Waals surface area contributed by atoms with E-state index in [-0.39, 0.29) is 16.9 Å². The molecule has 1 unspecified atom stereocenters. The summed E-state index contributed by atoms with van der Waals surface area (Å²) in [5, 5.41) is 0. The van der Waals surface area contributed by atoms with Crippen molar-refractivity contribution in [3.8, 4) is 11.3 Å². The van der Waals surface area contributed by atoms with Gasteiger partial charge in [0.1, 0.15) is 5.76 Å². The number of hydrogen-bond donors (Lipinski definition) is 2. The van der Waals surface area contributed by atoms with Gasteiger partial charge in [-0.25, -0.2) is 8.42 Å². The lowest BCUT2D eigenvalue weighted by Gasteiger charge is -2.19. The van der Waals surface area contributed by atoms with Gasteiger partial charge in [0.05, 0.1) is 16.8 Å². The zero-order chi connectivity index (χ0) is 18.7. The molecule has 0 aliphatic carbocycles. The van der Waals surface area contributed by atoms with Crippen molar-refractivity contribution in [2.45, 2.75) is 24.8 Å². The van der Waals surface area contributed by atoms with Crippen molar-refractivity contribution in [2.75, 3.05) is 4.72 Å². The number of benzene rings is 2. The first-order chi connectivity index (χ1) is 12.4. The second-order valence-electron chi connectivity index (χ2n) is 6.47. The second kappa shape index (κ2) is 7.35. The molecule has 26 heavy (non-hydrogen) atoms. The minimum Gasteiger partial charge on any atom is -0.464 e. The zero-order valence-electron chi connectivity index (χ0n) is 14.7. The molecule has 136 valence electrons. The Morgan fingerprint density at radius 2 is 1.73 bits per heavy atom. The van der Waals surface area contributed by atoms with Crippen LogP contribution < -0.4 is 10.5 Å². The zero-order valence-corrected chi connectivity index (χ0v) is 15.5. The second-order valence-corrected chi connectivity index (χ2v) is 8.15. The molecule has 0 bridgehead atoms. The summed E-state index contributed by atoms with van der Waals surface area (Å²) < 4.78 is 33.5. The van der Waals surface area contributed by atoms with E-state index in [9.17, 15) is 8.42 Å². The molecule has 1 heterocycles. The predicted octanol–water partition coefficient (Wildman–Crippen LogP) is 4.40. The largest absolute Gasteiger partial charge is 0.464 e. The van der Waals surface area contributed by atoms with Gasteiger partial charge in [0.2, 0.25) is 0 Å². The minimum atomic E-state index is -3.70. The predicted molar refractivity (Wildman–Crippen MR) is 103 cm³/mol. The highest BCUT2D eigenvalue weighted by Crippen LogP contribution is 2.33. The van der Waals surface area contributed by atoms with Crippen LogP contribution in [-0.4, -0.2) is 8.42 Å². The van der Waals surface area contributed by atoms with Gasteiger partial charge in [-0.1, -0.05) is 38.1 Å². The number of anilines is 1. The van der Waals surface area contributed by atoms with E-state index in [2.05, 4.69) is 4.72 Å². The molecule has 3 aromatic rings. The first-order valence-corrected chi connectivity index (χ1v) is 9.88. The summed E-state index contributed by atoms with van der Waals surface area (Å²) in [4.78, 5) is 0.202. The maximum atomic E-state index is 12.7. The molecular formula is C20H22N2O3S. The summed E-state index contributed by atoms with van der Waals surface area (Å²) in [6.07, 6.45) is 1.56. The average Bonchev–Trinajstić information content (AvgIpc) is 3.16. The molecule has 1 atom stereocenters. The van der Waals surface area contributed by atoms with Gasteiger partial charge in [-0.2, -0.15) is 0 Å². The number of rotatable bonds is 6. The molecule has 3 rings (SSSR count). The fourth-order valence-electron chi connectivity index (χ4n) is 2.68. The van der Waals surface area contributed by atoms with E-state index < -0.39 is 10.0 Å². The van der Waals surface area contributed by atoms with Crippen molar-refractivity contribution in [2.24, 2.45) is 11.7 Å². The third-order valence-corrected chi connectivity index (χ3v) is 5.61. The van der Waals surface area contributed by atoms with Crippen LogP contribution in [0.5, 0.6) is 0 Å². The highest BCUT2D eigenvalue weighted by Gasteiger charge is 2.19. The Bertz CT molecular complexity index is 966. The van der Waals surface area contributed by atoms with Crippen molar-refractivity contribution in [1.82, 2.24) is 0 Å². The van der Waals surface area contributed by atoms with E-state index in [1.807, 2.05) is 26.0 Å². The van der Waals surface area contributed by atoms with Gasteiger partial charge in [-0.3, -0.25) is 4.72 Å². The Balaban J connectivity index is 2.04. The molecule has 0 saturated carbocycles. The molecule has 0 amide bonds. The Hall–Kier alpha value is -2.57. The normalized spacial score (nSPS) is 12.9. The van der Waals surface area contributed by atoms with Gasteiger partial charge < -0.3 is 10.2 Å². The lowest BCUT2D eigenvalue weighted by molar-refractivity contribution is 0.514. The first-order valence-electron chi connectivity index (χ1n) is 8.40. The van der Waals surface area contributed by atoms with Crippen molar-refractivity contribution in [3.63, 3.8) is 0 Å². The third kappa shape index (κ3) is 3.81. The van der Waals surface area contributed by atoms with E-state index in [4.69, 9.17) is 10.2 Å². The summed E-state index contributed by atoms with van der Waals surface area (Å²) in [6.45, 7) is 4.09. The summed E-state index contributed by atoms with van der Waals surface area (Å²) in [7, 11) is -3.70. The number of furan rings is 1. The number of hydrogen-bond acceptors (Lipinski definition) is 4. The van der Waals surface area contributed by atoms with Gasteiger partial charge in [0.15, 0.2) is 0 Å². The Kier molecular flexibility index (Phi) is 5.15. The van der Waals surface area contributed by atoms with Crippen LogP contribution >= 0.6 is 0 Å². The molecule has 0 radical (unpaired) electrons. The van der Waals surface area contributed by atoms with E-state index in [0.717, 1.165) is 5.56 Å². The maximum absolute atomic E-state index is 12.7. The van der Waals surface area contributed by atoms with Gasteiger partial charge in [-0.05, 0) is 47.9 Å². The number of nitrogens with two attached hydrogens (primary N) is 1. The lowest BCUT2D eigenvalue weighted by atomic mass is 9.94. The summed E-state index contributed by atoms with van der Waals surface area (Å²) in [5.74, 6) is 0.833. The Labute approximate surface area is 153 Å². The Morgan fingerprint density at radius 3 is 2.35 bits per heavy atom. The van der Waals surface area contributed by atoms with Gasteiger partial charge in [0.25, 0.3) is 10.0 Å². The van der Waals surface area contributed by atoms with Gasteiger partial charge >= 0.3 is 0 Å². The van der Waals surface area contributed by atoms with Crippen LogP contribution in [0.4, 0.5) is 5.69 Å². The van der Waals surface area contributed by atoms with Crippen molar-refractivity contribution >= 4 is 15.7 Å². The molecule has 1 aromatic heterocycles. The fourth-order valence-corrected chi connectivity index (χ4v) is 3.78. The summed E-state index contributed by atoms with van der Waals surface area (Å²) in [6, 6.07) is 17.1. The average molecular weight is 370 g/mol. The highest BCUT2D eigenvalue weighted by molar-refractivity contribution is 7.92. The molecule has 0 fully saturated rings. The van der Waals surface area contributed by atoms with Crippen LogP contribution in [-0.2, 0) is 10.0 Å². The molecule has 3 N–H and O–H groups in total. The highest BCUT2D eigenvalue weighted by atomic mass is 32.2. The molecule has 5 nitrogen and oxygen atoms in total. The Morgan fingerprint density at radius 1 is 1.00 bits per heavy atom. The van der Waals surface area contributed by atoms with E-state index in [0.29, 0.717) is 17.0 Å². The number of nitrogens with one attached hydrogen (secondary N) is 1. The molecule has 0 saturated heterocycles. The molecule has 6 heteroatoms. The van der Waals surface area contributed by atoms with Crippen molar-refractivity contribution in [3.05, 3.63) is 72.5 Å². The van der Waals surface area contributed by atoms with Crippen LogP contribution in [0.2, 0.25) is 0 Å². The fraction of sp³-hybridized carbons (Fsp3) is 0.200. The van der Waals surface area contributed by atoms with Gasteiger partial charge in [0, 0.05) is 11.6 Å². The minimum absolute atomic E-state index is 0.150. The van der Waals surface area contributed by atoms with Gasteiger partial charge in [-0.15, -0.1) is 0 Å². The molecule has 0 spiro atoms. The monoisotopic (exact) mass is 370 g/mol. The van der Waals surface area contributed by atoms with Crippen molar-refractivity contribution < 1.29 is 12.8 Å². The third-order valence-electron chi connectivity index (χ3n) is 4.23. The van der Waals surface area contributed by atoms with Crippen LogP contribution in [0, 0.1) is 5.92 Å². The lowest BCUT2D eigenvalue weighted by Crippen LogP contribution is -2.17. The smallest absolute Gasteiger partial charge is 0.261 e. The van der Waals surface area contributed by atoms with E-state index >= 15 is 0 Å². The van der Waals surface area contributed by atoms with Crippen LogP contribution in [0.3, 0.4) is 0 Å². The molecule has 0 aliphatic heterocycles. The van der Waals surface area contributed by atoms with E-state index in [1.165, 1.54) is 0 Å². The molecule has 0 aliphatic rings. The molecule has 2 aromatic carbocycles. The SMILES string of the molecule is CC(C)C(N)c1ccc(NS(=O)(=O)c2ccccc2)c(-c2ccco2)c1. The quantitative estimate of drug-likeness (QED) is 0.673. The first kappa shape index (κ1) is 18.2. The van der Waals surface area contributed by atoms with Crippen LogP contribution in [0.1, 0.15) is 25.5 Å². The van der Waals surface area contributed by atoms with Crippen LogP contribution in [0.25, 0.3) is 11.3 Å². The topological polar surface area (TPSA) is 85.3 Å². The van der Waals surface area contributed by atoms with Crippen molar-refractivity contribution in [1.29, 1.82) is 0 Å². The number of sulfonamides is 1. The molecular weight excluding hydrogens is 348 g/mol.